The first kappa shape index (κ1) is 7.54. The lowest BCUT2D eigenvalue weighted by Gasteiger charge is -2.34. The summed E-state index contributed by atoms with van der Waals surface area (Å²) in [5, 5.41) is 3.18. The van der Waals surface area contributed by atoms with Crippen LogP contribution in [0.4, 0.5) is 0 Å². The van der Waals surface area contributed by atoms with Gasteiger partial charge >= 0.3 is 5.97 Å². The van der Waals surface area contributed by atoms with E-state index in [-0.39, 0.29) is 5.97 Å². The number of carbonyl (C=O) groups is 1. The lowest BCUT2D eigenvalue weighted by Crippen LogP contribution is -2.51. The van der Waals surface area contributed by atoms with Gasteiger partial charge in [-0.05, 0) is 12.8 Å². The van der Waals surface area contributed by atoms with E-state index in [4.69, 9.17) is 0 Å². The van der Waals surface area contributed by atoms with E-state index in [0.717, 1.165) is 6.54 Å². The number of ether oxygens (including phenoxy) is 1. The van der Waals surface area contributed by atoms with E-state index >= 15 is 0 Å². The maximum absolute atomic E-state index is 10.7. The van der Waals surface area contributed by atoms with Crippen molar-refractivity contribution in [2.45, 2.75) is 19.4 Å². The van der Waals surface area contributed by atoms with Crippen LogP contribution in [-0.2, 0) is 9.53 Å². The van der Waals surface area contributed by atoms with Gasteiger partial charge in [-0.1, -0.05) is 0 Å². The van der Waals surface area contributed by atoms with Crippen molar-refractivity contribution in [2.75, 3.05) is 13.7 Å². The molecule has 1 saturated heterocycles. The van der Waals surface area contributed by atoms with Gasteiger partial charge in [0, 0.05) is 12.6 Å². The number of nitrogens with one attached hydrogen (secondary N) is 1. The molecule has 0 aliphatic carbocycles. The van der Waals surface area contributed by atoms with Crippen LogP contribution in [0.25, 0.3) is 0 Å². The van der Waals surface area contributed by atoms with Gasteiger partial charge in [0.2, 0.25) is 0 Å². The first-order chi connectivity index (χ1) is 4.74. The van der Waals surface area contributed by atoms with Crippen LogP contribution >= 0.6 is 0 Å². The summed E-state index contributed by atoms with van der Waals surface area (Å²) >= 11 is 0. The van der Waals surface area contributed by atoms with Crippen LogP contribution in [0.3, 0.4) is 0 Å². The topological polar surface area (TPSA) is 38.3 Å². The highest BCUT2D eigenvalue weighted by molar-refractivity contribution is 5.69. The Morgan fingerprint density at radius 1 is 1.80 bits per heavy atom. The fourth-order valence-electron chi connectivity index (χ4n) is 1.07. The first-order valence-corrected chi connectivity index (χ1v) is 3.54. The van der Waals surface area contributed by atoms with E-state index in [9.17, 15) is 4.79 Å². The third kappa shape index (κ3) is 1.48. The van der Waals surface area contributed by atoms with Gasteiger partial charge in [0.05, 0.1) is 13.5 Å². The summed E-state index contributed by atoms with van der Waals surface area (Å²) in [5.74, 6) is 0.394. The Labute approximate surface area is 60.7 Å². The molecular formula is C7H13NO2. The minimum atomic E-state index is -0.0988. The van der Waals surface area contributed by atoms with Gasteiger partial charge in [-0.15, -0.1) is 0 Å². The third-order valence-electron chi connectivity index (χ3n) is 2.07. The predicted octanol–water partition coefficient (Wildman–Crippen LogP) is 0.157. The number of hydrogen-bond acceptors (Lipinski definition) is 3. The molecule has 0 aromatic rings. The van der Waals surface area contributed by atoms with Crippen LogP contribution in [-0.4, -0.2) is 25.7 Å². The van der Waals surface area contributed by atoms with Crippen molar-refractivity contribution in [2.24, 2.45) is 5.92 Å². The molecule has 3 nitrogen and oxygen atoms in total. The molecule has 2 atom stereocenters. The molecule has 1 N–H and O–H groups in total. The molecule has 0 spiro atoms. The summed E-state index contributed by atoms with van der Waals surface area (Å²) in [6, 6.07) is 0.485. The van der Waals surface area contributed by atoms with E-state index < -0.39 is 0 Å². The molecule has 0 saturated carbocycles. The smallest absolute Gasteiger partial charge is 0.305 e. The molecule has 10 heavy (non-hydrogen) atoms. The number of esters is 1. The van der Waals surface area contributed by atoms with Crippen molar-refractivity contribution in [3.05, 3.63) is 0 Å². The maximum atomic E-state index is 10.7. The van der Waals surface area contributed by atoms with E-state index in [1.165, 1.54) is 7.11 Å². The number of hydrogen-bond donors (Lipinski definition) is 1. The molecule has 0 amide bonds. The normalized spacial score (nSPS) is 31.0. The summed E-state index contributed by atoms with van der Waals surface area (Å²) in [5.41, 5.74) is 0. The van der Waals surface area contributed by atoms with Crippen molar-refractivity contribution < 1.29 is 9.53 Å². The SMILES string of the molecule is COC(=O)CC1CNC1C. The fourth-order valence-corrected chi connectivity index (χ4v) is 1.07. The monoisotopic (exact) mass is 143 g/mol. The number of rotatable bonds is 2. The highest BCUT2D eigenvalue weighted by Gasteiger charge is 2.28. The largest absolute Gasteiger partial charge is 0.469 e. The zero-order valence-corrected chi connectivity index (χ0v) is 6.39. The van der Waals surface area contributed by atoms with Crippen molar-refractivity contribution >= 4 is 5.97 Å². The minimum absolute atomic E-state index is 0.0988. The van der Waals surface area contributed by atoms with Crippen LogP contribution in [0, 0.1) is 5.92 Å². The molecule has 1 aliphatic heterocycles. The summed E-state index contributed by atoms with van der Waals surface area (Å²) in [6.07, 6.45) is 0.560. The highest BCUT2D eigenvalue weighted by Crippen LogP contribution is 2.16. The van der Waals surface area contributed by atoms with Crippen LogP contribution in [0.1, 0.15) is 13.3 Å². The molecule has 3 heteroatoms. The Morgan fingerprint density at radius 3 is 2.80 bits per heavy atom. The van der Waals surface area contributed by atoms with Gasteiger partial charge in [0.25, 0.3) is 0 Å². The zero-order valence-electron chi connectivity index (χ0n) is 6.39. The number of carbonyl (C=O) groups excluding carboxylic acids is 1. The number of methoxy groups -OCH3 is 1. The van der Waals surface area contributed by atoms with Crippen LogP contribution in [0.5, 0.6) is 0 Å². The Bertz CT molecular complexity index is 136. The molecule has 1 rings (SSSR count). The average Bonchev–Trinajstić information content (AvgIpc) is 1.96. The summed E-state index contributed by atoms with van der Waals surface area (Å²) < 4.78 is 4.54. The molecular weight excluding hydrogens is 130 g/mol. The molecule has 1 fully saturated rings. The van der Waals surface area contributed by atoms with Crippen molar-refractivity contribution in [3.63, 3.8) is 0 Å². The predicted molar refractivity (Wildman–Crippen MR) is 37.6 cm³/mol. The molecule has 0 bridgehead atoms. The average molecular weight is 143 g/mol. The molecule has 0 radical (unpaired) electrons. The Morgan fingerprint density at radius 2 is 2.50 bits per heavy atom. The standard InChI is InChI=1S/C7H13NO2/c1-5-6(4-8-5)3-7(9)10-2/h5-6,8H,3-4H2,1-2H3. The second kappa shape index (κ2) is 3.01. The highest BCUT2D eigenvalue weighted by atomic mass is 16.5. The van der Waals surface area contributed by atoms with E-state index in [1.807, 2.05) is 0 Å². The molecule has 0 aromatic carbocycles. The van der Waals surface area contributed by atoms with Gasteiger partial charge in [-0.25, -0.2) is 0 Å². The minimum Gasteiger partial charge on any atom is -0.469 e. The van der Waals surface area contributed by atoms with Gasteiger partial charge in [-0.2, -0.15) is 0 Å². The molecule has 58 valence electrons. The van der Waals surface area contributed by atoms with Crippen LogP contribution in [0.2, 0.25) is 0 Å². The lowest BCUT2D eigenvalue weighted by molar-refractivity contribution is -0.142. The maximum Gasteiger partial charge on any atom is 0.305 e. The fraction of sp³-hybridized carbons (Fsp3) is 0.857. The van der Waals surface area contributed by atoms with E-state index in [2.05, 4.69) is 17.0 Å². The molecule has 1 heterocycles. The molecule has 0 aromatic heterocycles. The summed E-state index contributed by atoms with van der Waals surface area (Å²) in [4.78, 5) is 10.7. The Balaban J connectivity index is 2.19. The van der Waals surface area contributed by atoms with Crippen molar-refractivity contribution in [1.29, 1.82) is 0 Å². The van der Waals surface area contributed by atoms with Crippen LogP contribution in [0.15, 0.2) is 0 Å². The quantitative estimate of drug-likeness (QED) is 0.559. The van der Waals surface area contributed by atoms with Crippen molar-refractivity contribution in [1.82, 2.24) is 5.32 Å². The van der Waals surface area contributed by atoms with Crippen molar-refractivity contribution in [3.8, 4) is 0 Å². The zero-order chi connectivity index (χ0) is 7.56. The Hall–Kier alpha value is -0.570. The van der Waals surface area contributed by atoms with E-state index in [1.54, 1.807) is 0 Å². The second-order valence-corrected chi connectivity index (χ2v) is 2.74. The van der Waals surface area contributed by atoms with Gasteiger partial charge < -0.3 is 10.1 Å². The second-order valence-electron chi connectivity index (χ2n) is 2.74. The van der Waals surface area contributed by atoms with Gasteiger partial charge in [0.15, 0.2) is 0 Å². The van der Waals surface area contributed by atoms with Gasteiger partial charge in [-0.3, -0.25) is 4.79 Å². The molecule has 1 aliphatic rings. The van der Waals surface area contributed by atoms with Gasteiger partial charge in [0.1, 0.15) is 0 Å². The Kier molecular flexibility index (Phi) is 2.27. The van der Waals surface area contributed by atoms with Crippen LogP contribution < -0.4 is 5.32 Å². The lowest BCUT2D eigenvalue weighted by atomic mass is 9.90. The summed E-state index contributed by atoms with van der Waals surface area (Å²) in [7, 11) is 1.43. The third-order valence-corrected chi connectivity index (χ3v) is 2.07. The molecule has 2 unspecified atom stereocenters. The summed E-state index contributed by atoms with van der Waals surface area (Å²) in [6.45, 7) is 3.04. The first-order valence-electron chi connectivity index (χ1n) is 3.54. The van der Waals surface area contributed by atoms with E-state index in [0.29, 0.717) is 18.4 Å².